The Labute approximate surface area is 127 Å². The van der Waals surface area contributed by atoms with Gasteiger partial charge >= 0.3 is 0 Å². The average molecular weight is 337 g/mol. The second kappa shape index (κ2) is 6.01. The summed E-state index contributed by atoms with van der Waals surface area (Å²) in [6, 6.07) is 1.55. The van der Waals surface area contributed by atoms with Gasteiger partial charge in [0, 0.05) is 12.2 Å². The summed E-state index contributed by atoms with van der Waals surface area (Å²) < 4.78 is 50.4. The molecule has 0 spiro atoms. The van der Waals surface area contributed by atoms with E-state index in [-0.39, 0.29) is 17.0 Å². The van der Waals surface area contributed by atoms with E-state index in [1.807, 2.05) is 0 Å². The zero-order valence-corrected chi connectivity index (χ0v) is 13.0. The second-order valence-corrected chi connectivity index (χ2v) is 8.16. The maximum absolute atomic E-state index is 13.8. The van der Waals surface area contributed by atoms with Crippen molar-refractivity contribution >= 4 is 27.2 Å². The fourth-order valence-electron chi connectivity index (χ4n) is 2.70. The van der Waals surface area contributed by atoms with Gasteiger partial charge in [-0.3, -0.25) is 4.79 Å². The van der Waals surface area contributed by atoms with Crippen molar-refractivity contribution in [3.63, 3.8) is 0 Å². The highest BCUT2D eigenvalue weighted by molar-refractivity contribution is 7.91. The van der Waals surface area contributed by atoms with E-state index in [1.54, 1.807) is 0 Å². The van der Waals surface area contributed by atoms with Crippen molar-refractivity contribution in [1.82, 2.24) is 0 Å². The molecular formula is C14H15ClF2O3S. The van der Waals surface area contributed by atoms with Gasteiger partial charge in [0.25, 0.3) is 0 Å². The Morgan fingerprint density at radius 1 is 1.24 bits per heavy atom. The first kappa shape index (κ1) is 16.4. The second-order valence-electron chi connectivity index (χ2n) is 5.43. The molecule has 2 unspecified atom stereocenters. The van der Waals surface area contributed by atoms with E-state index in [4.69, 9.17) is 11.6 Å². The van der Waals surface area contributed by atoms with E-state index in [2.05, 4.69) is 0 Å². The van der Waals surface area contributed by atoms with Crippen LogP contribution in [0.3, 0.4) is 0 Å². The standard InChI is InChI=1S/C14H15ClF2O3S/c1-21(19,20)9-4-2-3-8(5-9)14(18)10-6-13(17)11(15)7-12(10)16/h6-9H,2-5H2,1H3. The smallest absolute Gasteiger partial charge is 0.169 e. The molecule has 0 heterocycles. The first-order valence-electron chi connectivity index (χ1n) is 6.57. The lowest BCUT2D eigenvalue weighted by Gasteiger charge is -2.27. The van der Waals surface area contributed by atoms with Crippen LogP contribution in [0.2, 0.25) is 5.02 Å². The van der Waals surface area contributed by atoms with E-state index in [0.29, 0.717) is 19.3 Å². The molecule has 2 atom stereocenters. The maximum Gasteiger partial charge on any atom is 0.169 e. The highest BCUT2D eigenvalue weighted by Crippen LogP contribution is 2.32. The number of rotatable bonds is 3. The predicted molar refractivity (Wildman–Crippen MR) is 76.3 cm³/mol. The molecular weight excluding hydrogens is 322 g/mol. The van der Waals surface area contributed by atoms with Crippen LogP contribution in [0.5, 0.6) is 0 Å². The van der Waals surface area contributed by atoms with Crippen molar-refractivity contribution < 1.29 is 22.0 Å². The molecule has 21 heavy (non-hydrogen) atoms. The molecule has 3 nitrogen and oxygen atoms in total. The Morgan fingerprint density at radius 3 is 2.52 bits per heavy atom. The molecule has 0 amide bonds. The monoisotopic (exact) mass is 336 g/mol. The zero-order chi connectivity index (χ0) is 15.8. The lowest BCUT2D eigenvalue weighted by Crippen LogP contribution is -2.31. The Morgan fingerprint density at radius 2 is 1.90 bits per heavy atom. The first-order chi connectivity index (χ1) is 9.70. The summed E-state index contributed by atoms with van der Waals surface area (Å²) in [4.78, 5) is 12.3. The zero-order valence-electron chi connectivity index (χ0n) is 11.4. The van der Waals surface area contributed by atoms with Crippen LogP contribution in [-0.2, 0) is 9.84 Å². The number of hydrogen-bond donors (Lipinski definition) is 0. The molecule has 1 saturated carbocycles. The third kappa shape index (κ3) is 3.61. The molecule has 116 valence electrons. The van der Waals surface area contributed by atoms with Crippen LogP contribution in [0.25, 0.3) is 0 Å². The molecule has 0 aliphatic heterocycles. The van der Waals surface area contributed by atoms with Crippen LogP contribution in [0.4, 0.5) is 8.78 Å². The van der Waals surface area contributed by atoms with E-state index in [9.17, 15) is 22.0 Å². The minimum atomic E-state index is -3.24. The molecule has 0 N–H and O–H groups in total. The third-order valence-corrected chi connectivity index (χ3v) is 5.81. The van der Waals surface area contributed by atoms with E-state index in [0.717, 1.165) is 18.4 Å². The quantitative estimate of drug-likeness (QED) is 0.628. The van der Waals surface area contributed by atoms with Gasteiger partial charge in [0.2, 0.25) is 0 Å². The Bertz CT molecular complexity index is 673. The molecule has 0 radical (unpaired) electrons. The molecule has 0 bridgehead atoms. The lowest BCUT2D eigenvalue weighted by atomic mass is 9.83. The van der Waals surface area contributed by atoms with Crippen molar-refractivity contribution in [2.24, 2.45) is 5.92 Å². The minimum absolute atomic E-state index is 0.154. The van der Waals surface area contributed by atoms with Crippen molar-refractivity contribution in [2.75, 3.05) is 6.26 Å². The van der Waals surface area contributed by atoms with Gasteiger partial charge in [0.05, 0.1) is 15.8 Å². The topological polar surface area (TPSA) is 51.2 Å². The van der Waals surface area contributed by atoms with Gasteiger partial charge in [0.15, 0.2) is 5.78 Å². The molecule has 1 aliphatic carbocycles. The molecule has 1 aliphatic rings. The molecule has 1 aromatic rings. The number of halogens is 3. The summed E-state index contributed by atoms with van der Waals surface area (Å²) >= 11 is 5.45. The summed E-state index contributed by atoms with van der Waals surface area (Å²) in [7, 11) is -3.24. The van der Waals surface area contributed by atoms with Crippen LogP contribution < -0.4 is 0 Å². The van der Waals surface area contributed by atoms with E-state index < -0.39 is 38.4 Å². The highest BCUT2D eigenvalue weighted by Gasteiger charge is 2.34. The van der Waals surface area contributed by atoms with Crippen molar-refractivity contribution in [1.29, 1.82) is 0 Å². The number of hydrogen-bond acceptors (Lipinski definition) is 3. The number of carbonyl (C=O) groups is 1. The Kier molecular flexibility index (Phi) is 4.68. The third-order valence-electron chi connectivity index (χ3n) is 3.88. The number of Topliss-reactive ketones (excluding diaryl/α,β-unsaturated/α-hetero) is 1. The van der Waals surface area contributed by atoms with Crippen LogP contribution in [-0.4, -0.2) is 25.7 Å². The fourth-order valence-corrected chi connectivity index (χ4v) is 4.03. The Balaban J connectivity index is 2.26. The van der Waals surface area contributed by atoms with Gasteiger partial charge in [-0.05, 0) is 31.4 Å². The largest absolute Gasteiger partial charge is 0.294 e. The van der Waals surface area contributed by atoms with Crippen LogP contribution in [0.1, 0.15) is 36.0 Å². The molecule has 1 aromatic carbocycles. The number of benzene rings is 1. The lowest BCUT2D eigenvalue weighted by molar-refractivity contribution is 0.0886. The van der Waals surface area contributed by atoms with E-state index in [1.165, 1.54) is 0 Å². The number of carbonyl (C=O) groups excluding carboxylic acids is 1. The van der Waals surface area contributed by atoms with Gasteiger partial charge < -0.3 is 0 Å². The van der Waals surface area contributed by atoms with Crippen molar-refractivity contribution in [3.8, 4) is 0 Å². The average Bonchev–Trinajstić information content (AvgIpc) is 2.41. The molecule has 0 saturated heterocycles. The summed E-state index contributed by atoms with van der Waals surface area (Å²) in [6.07, 6.45) is 2.84. The fraction of sp³-hybridized carbons (Fsp3) is 0.500. The van der Waals surface area contributed by atoms with Gasteiger partial charge in [-0.15, -0.1) is 0 Å². The predicted octanol–water partition coefficient (Wildman–Crippen LogP) is 3.40. The van der Waals surface area contributed by atoms with Gasteiger partial charge in [-0.1, -0.05) is 18.0 Å². The molecule has 0 aromatic heterocycles. The first-order valence-corrected chi connectivity index (χ1v) is 8.91. The molecule has 1 fully saturated rings. The van der Waals surface area contributed by atoms with Crippen LogP contribution in [0.15, 0.2) is 12.1 Å². The molecule has 7 heteroatoms. The summed E-state index contributed by atoms with van der Waals surface area (Å²) in [5.41, 5.74) is -0.365. The van der Waals surface area contributed by atoms with Crippen molar-refractivity contribution in [2.45, 2.75) is 30.9 Å². The van der Waals surface area contributed by atoms with Crippen LogP contribution >= 0.6 is 11.6 Å². The minimum Gasteiger partial charge on any atom is -0.294 e. The van der Waals surface area contributed by atoms with Crippen LogP contribution in [0, 0.1) is 17.6 Å². The Hall–Kier alpha value is -1.01. The summed E-state index contributed by atoms with van der Waals surface area (Å²) in [5.74, 6) is -2.91. The normalized spacial score (nSPS) is 23.0. The molecule has 2 rings (SSSR count). The van der Waals surface area contributed by atoms with Gasteiger partial charge in [-0.25, -0.2) is 17.2 Å². The SMILES string of the molecule is CS(=O)(=O)C1CCCC(C(=O)c2cc(F)c(Cl)cc2F)C1. The maximum atomic E-state index is 13.8. The number of sulfone groups is 1. The van der Waals surface area contributed by atoms with Crippen molar-refractivity contribution in [3.05, 3.63) is 34.4 Å². The highest BCUT2D eigenvalue weighted by atomic mass is 35.5. The van der Waals surface area contributed by atoms with E-state index >= 15 is 0 Å². The van der Waals surface area contributed by atoms with Gasteiger partial charge in [0.1, 0.15) is 21.5 Å². The number of ketones is 1. The van der Waals surface area contributed by atoms with Gasteiger partial charge in [-0.2, -0.15) is 0 Å². The summed E-state index contributed by atoms with van der Waals surface area (Å²) in [6.45, 7) is 0. The summed E-state index contributed by atoms with van der Waals surface area (Å²) in [5, 5.41) is -0.984.